The Kier molecular flexibility index (Phi) is 4.47. The molecule has 0 aromatic heterocycles. The van der Waals surface area contributed by atoms with Gasteiger partial charge in [-0.2, -0.15) is 0 Å². The van der Waals surface area contributed by atoms with Crippen LogP contribution < -0.4 is 0 Å². The quantitative estimate of drug-likeness (QED) is 0.698. The minimum absolute atomic E-state index is 0.0529. The van der Waals surface area contributed by atoms with Gasteiger partial charge in [-0.3, -0.25) is 4.79 Å². The predicted octanol–water partition coefficient (Wildman–Crippen LogP) is 3.70. The average molecular weight is 365 g/mol. The van der Waals surface area contributed by atoms with Crippen LogP contribution in [0.2, 0.25) is 0 Å². The first kappa shape index (κ1) is 18.7. The SMILES string of the molecule is C[C@H](C(=O)O)[C@H]1CCC2C3C(CC[C@@]21C)[C@@]1(C)CC[C@@H](O)C[C@H]1C[C@H]3O. The lowest BCUT2D eigenvalue weighted by Gasteiger charge is -2.62. The number of carboxylic acids is 1. The number of hydrogen-bond donors (Lipinski definition) is 3. The summed E-state index contributed by atoms with van der Waals surface area (Å²) in [6.45, 7) is 6.61. The fourth-order valence-electron chi connectivity index (χ4n) is 8.23. The van der Waals surface area contributed by atoms with Crippen molar-refractivity contribution >= 4 is 5.97 Å². The van der Waals surface area contributed by atoms with Crippen molar-refractivity contribution in [3.63, 3.8) is 0 Å². The maximum absolute atomic E-state index is 11.6. The van der Waals surface area contributed by atoms with Crippen LogP contribution in [-0.4, -0.2) is 33.5 Å². The molecule has 4 heteroatoms. The third-order valence-corrected chi connectivity index (χ3v) is 9.72. The number of carbonyl (C=O) groups is 1. The third-order valence-electron chi connectivity index (χ3n) is 9.72. The molecule has 4 aliphatic rings. The van der Waals surface area contributed by atoms with Crippen molar-refractivity contribution in [1.82, 2.24) is 0 Å². The normalized spacial score (nSPS) is 54.7. The first-order chi connectivity index (χ1) is 12.2. The Morgan fingerprint density at radius 3 is 2.31 bits per heavy atom. The van der Waals surface area contributed by atoms with Gasteiger partial charge in [0.25, 0.3) is 0 Å². The number of aliphatic carboxylic acids is 1. The van der Waals surface area contributed by atoms with Gasteiger partial charge >= 0.3 is 5.97 Å². The molecular weight excluding hydrogens is 328 g/mol. The van der Waals surface area contributed by atoms with Gasteiger partial charge in [-0.05, 0) is 91.8 Å². The molecule has 0 spiro atoms. The maximum atomic E-state index is 11.6. The van der Waals surface area contributed by atoms with Crippen molar-refractivity contribution in [2.45, 2.75) is 84.3 Å². The molecule has 4 nitrogen and oxygen atoms in total. The van der Waals surface area contributed by atoms with Crippen LogP contribution >= 0.6 is 0 Å². The average Bonchev–Trinajstić information content (AvgIpc) is 2.93. The lowest BCUT2D eigenvalue weighted by Crippen LogP contribution is -2.58. The summed E-state index contributed by atoms with van der Waals surface area (Å²) in [5.74, 6) is 0.996. The van der Waals surface area contributed by atoms with E-state index in [4.69, 9.17) is 0 Å². The molecule has 3 unspecified atom stereocenters. The van der Waals surface area contributed by atoms with E-state index in [2.05, 4.69) is 13.8 Å². The fraction of sp³-hybridized carbons (Fsp3) is 0.955. The van der Waals surface area contributed by atoms with E-state index in [9.17, 15) is 20.1 Å². The Balaban J connectivity index is 1.64. The summed E-state index contributed by atoms with van der Waals surface area (Å²) < 4.78 is 0. The van der Waals surface area contributed by atoms with E-state index in [1.54, 1.807) is 0 Å². The van der Waals surface area contributed by atoms with Gasteiger partial charge in [0.15, 0.2) is 0 Å². The largest absolute Gasteiger partial charge is 0.481 e. The fourth-order valence-corrected chi connectivity index (χ4v) is 8.23. The molecule has 3 N–H and O–H groups in total. The van der Waals surface area contributed by atoms with E-state index in [1.165, 1.54) is 0 Å². The number of fused-ring (bicyclic) bond motifs is 5. The van der Waals surface area contributed by atoms with Gasteiger partial charge in [0.05, 0.1) is 18.1 Å². The topological polar surface area (TPSA) is 77.8 Å². The van der Waals surface area contributed by atoms with E-state index < -0.39 is 5.97 Å². The van der Waals surface area contributed by atoms with Gasteiger partial charge in [0, 0.05) is 0 Å². The Morgan fingerprint density at radius 2 is 1.62 bits per heavy atom. The summed E-state index contributed by atoms with van der Waals surface area (Å²) in [5, 5.41) is 30.9. The number of carboxylic acid groups (broad SMARTS) is 1. The molecule has 0 bridgehead atoms. The highest BCUT2D eigenvalue weighted by Gasteiger charge is 2.63. The number of rotatable bonds is 2. The van der Waals surface area contributed by atoms with Crippen LogP contribution in [0.25, 0.3) is 0 Å². The minimum atomic E-state index is -0.670. The summed E-state index contributed by atoms with van der Waals surface area (Å²) in [6, 6.07) is 0. The molecule has 0 radical (unpaired) electrons. The highest BCUT2D eigenvalue weighted by atomic mass is 16.4. The number of aliphatic hydroxyl groups excluding tert-OH is 2. The first-order valence-electron chi connectivity index (χ1n) is 10.8. The van der Waals surface area contributed by atoms with E-state index in [0.29, 0.717) is 23.7 Å². The second-order valence-corrected chi connectivity index (χ2v) is 10.6. The highest BCUT2D eigenvalue weighted by molar-refractivity contribution is 5.70. The summed E-state index contributed by atoms with van der Waals surface area (Å²) in [6.07, 6.45) is 7.42. The second kappa shape index (κ2) is 6.20. The molecule has 26 heavy (non-hydrogen) atoms. The molecular formula is C22H36O4. The lowest BCUT2D eigenvalue weighted by molar-refractivity contribution is -0.176. The van der Waals surface area contributed by atoms with Crippen molar-refractivity contribution in [3.8, 4) is 0 Å². The van der Waals surface area contributed by atoms with Crippen molar-refractivity contribution in [2.75, 3.05) is 0 Å². The van der Waals surface area contributed by atoms with E-state index in [1.807, 2.05) is 6.92 Å². The standard InChI is InChI=1S/C22H36O4/c1-12(20(25)26)15-4-5-16-19-17(7-9-22(15,16)3)21(2)8-6-14(23)10-13(21)11-18(19)24/h12-19,23-24H,4-11H2,1-3H3,(H,25,26)/t12-,13-,14+,15+,16?,17?,18+,19?,21-,22+/m0/s1. The molecule has 10 atom stereocenters. The van der Waals surface area contributed by atoms with Gasteiger partial charge in [-0.25, -0.2) is 0 Å². The molecule has 4 fully saturated rings. The van der Waals surface area contributed by atoms with Crippen LogP contribution in [-0.2, 0) is 4.79 Å². The van der Waals surface area contributed by atoms with Crippen molar-refractivity contribution < 1.29 is 20.1 Å². The molecule has 0 aliphatic heterocycles. The van der Waals surface area contributed by atoms with Gasteiger partial charge in [-0.1, -0.05) is 20.8 Å². The summed E-state index contributed by atoms with van der Waals surface area (Å²) in [4.78, 5) is 11.6. The second-order valence-electron chi connectivity index (χ2n) is 10.6. The van der Waals surface area contributed by atoms with Crippen molar-refractivity contribution in [1.29, 1.82) is 0 Å². The summed E-state index contributed by atoms with van der Waals surface area (Å²) in [7, 11) is 0. The summed E-state index contributed by atoms with van der Waals surface area (Å²) in [5.41, 5.74) is 0.290. The zero-order chi connectivity index (χ0) is 18.9. The molecule has 0 amide bonds. The van der Waals surface area contributed by atoms with Gasteiger partial charge < -0.3 is 15.3 Å². The molecule has 0 aromatic rings. The smallest absolute Gasteiger partial charge is 0.306 e. The van der Waals surface area contributed by atoms with Gasteiger partial charge in [-0.15, -0.1) is 0 Å². The molecule has 4 aliphatic carbocycles. The molecule has 148 valence electrons. The third kappa shape index (κ3) is 2.51. The summed E-state index contributed by atoms with van der Waals surface area (Å²) >= 11 is 0. The Morgan fingerprint density at radius 1 is 0.962 bits per heavy atom. The monoisotopic (exact) mass is 364 g/mol. The molecule has 0 heterocycles. The van der Waals surface area contributed by atoms with Crippen LogP contribution in [0.15, 0.2) is 0 Å². The van der Waals surface area contributed by atoms with E-state index >= 15 is 0 Å². The Labute approximate surface area is 157 Å². The lowest BCUT2D eigenvalue weighted by atomic mass is 9.43. The van der Waals surface area contributed by atoms with Crippen molar-refractivity contribution in [3.05, 3.63) is 0 Å². The Hall–Kier alpha value is -0.610. The van der Waals surface area contributed by atoms with Crippen LogP contribution in [0.4, 0.5) is 0 Å². The molecule has 0 aromatic carbocycles. The minimum Gasteiger partial charge on any atom is -0.481 e. The van der Waals surface area contributed by atoms with Crippen LogP contribution in [0.3, 0.4) is 0 Å². The van der Waals surface area contributed by atoms with Crippen molar-refractivity contribution in [2.24, 2.45) is 46.3 Å². The van der Waals surface area contributed by atoms with Crippen LogP contribution in [0, 0.1) is 46.3 Å². The first-order valence-corrected chi connectivity index (χ1v) is 10.8. The Bertz CT molecular complexity index is 576. The van der Waals surface area contributed by atoms with Gasteiger partial charge in [0.2, 0.25) is 0 Å². The molecule has 0 saturated heterocycles. The van der Waals surface area contributed by atoms with Crippen LogP contribution in [0.5, 0.6) is 0 Å². The number of aliphatic hydroxyl groups is 2. The molecule has 4 saturated carbocycles. The van der Waals surface area contributed by atoms with E-state index in [-0.39, 0.29) is 34.9 Å². The van der Waals surface area contributed by atoms with Gasteiger partial charge in [0.1, 0.15) is 0 Å². The zero-order valence-electron chi connectivity index (χ0n) is 16.5. The highest BCUT2D eigenvalue weighted by Crippen LogP contribution is 2.68. The number of hydrogen-bond acceptors (Lipinski definition) is 3. The molecule has 4 rings (SSSR count). The van der Waals surface area contributed by atoms with Crippen LogP contribution in [0.1, 0.15) is 72.1 Å². The zero-order valence-corrected chi connectivity index (χ0v) is 16.5. The predicted molar refractivity (Wildman–Crippen MR) is 99.4 cm³/mol. The maximum Gasteiger partial charge on any atom is 0.306 e. The van der Waals surface area contributed by atoms with E-state index in [0.717, 1.165) is 51.4 Å².